The van der Waals surface area contributed by atoms with Crippen molar-refractivity contribution < 1.29 is 13.5 Å². The standard InChI is InChI=1S/C16H18Cl2N2O3S/c1-2-13(7-8-21)20-24(22,23)14-5-3-11(4-6-14)16-15(18)9-12(17)10-19-16/h3-6,9-10,13,20-21H,2,7-8H2,1H3/t13-/m1/s1. The molecule has 2 rings (SSSR count). The van der Waals surface area contributed by atoms with Crippen LogP contribution in [0.2, 0.25) is 10.0 Å². The van der Waals surface area contributed by atoms with E-state index in [-0.39, 0.29) is 17.5 Å². The Morgan fingerprint density at radius 1 is 1.25 bits per heavy atom. The number of aromatic nitrogens is 1. The maximum atomic E-state index is 12.4. The number of sulfonamides is 1. The number of nitrogens with one attached hydrogen (secondary N) is 1. The zero-order valence-corrected chi connectivity index (χ0v) is 15.4. The van der Waals surface area contributed by atoms with E-state index in [4.69, 9.17) is 28.3 Å². The summed E-state index contributed by atoms with van der Waals surface area (Å²) in [5.41, 5.74) is 1.22. The van der Waals surface area contributed by atoms with Crippen LogP contribution in [0.15, 0.2) is 41.4 Å². The number of benzene rings is 1. The van der Waals surface area contributed by atoms with Crippen LogP contribution in [-0.2, 0) is 10.0 Å². The Labute approximate surface area is 151 Å². The lowest BCUT2D eigenvalue weighted by Gasteiger charge is -2.16. The molecule has 0 saturated carbocycles. The number of pyridine rings is 1. The molecule has 24 heavy (non-hydrogen) atoms. The molecule has 0 unspecified atom stereocenters. The van der Waals surface area contributed by atoms with Gasteiger partial charge < -0.3 is 5.11 Å². The van der Waals surface area contributed by atoms with Gasteiger partial charge in [0.2, 0.25) is 10.0 Å². The van der Waals surface area contributed by atoms with E-state index < -0.39 is 10.0 Å². The second-order valence-corrected chi connectivity index (χ2v) is 7.80. The van der Waals surface area contributed by atoms with Gasteiger partial charge in [-0.15, -0.1) is 0 Å². The molecule has 2 aromatic rings. The lowest BCUT2D eigenvalue weighted by molar-refractivity contribution is 0.270. The Hall–Kier alpha value is -1.18. The van der Waals surface area contributed by atoms with Crippen LogP contribution in [0.25, 0.3) is 11.3 Å². The second-order valence-electron chi connectivity index (χ2n) is 5.25. The van der Waals surface area contributed by atoms with E-state index in [2.05, 4.69) is 9.71 Å². The van der Waals surface area contributed by atoms with Crippen molar-refractivity contribution in [2.45, 2.75) is 30.7 Å². The first-order valence-corrected chi connectivity index (χ1v) is 9.66. The Bertz CT molecular complexity index is 795. The first-order chi connectivity index (χ1) is 11.4. The van der Waals surface area contributed by atoms with Gasteiger partial charge in [0.1, 0.15) is 0 Å². The van der Waals surface area contributed by atoms with Crippen molar-refractivity contribution in [3.63, 3.8) is 0 Å². The van der Waals surface area contributed by atoms with Gasteiger partial charge in [0.15, 0.2) is 0 Å². The lowest BCUT2D eigenvalue weighted by Crippen LogP contribution is -2.35. The number of hydrogen-bond donors (Lipinski definition) is 2. The maximum Gasteiger partial charge on any atom is 0.240 e. The highest BCUT2D eigenvalue weighted by Gasteiger charge is 2.19. The van der Waals surface area contributed by atoms with E-state index in [1.165, 1.54) is 18.3 Å². The lowest BCUT2D eigenvalue weighted by atomic mass is 10.1. The molecule has 0 saturated heterocycles. The van der Waals surface area contributed by atoms with Crippen molar-refractivity contribution in [3.05, 3.63) is 46.6 Å². The van der Waals surface area contributed by atoms with Crippen molar-refractivity contribution in [2.24, 2.45) is 0 Å². The van der Waals surface area contributed by atoms with Gasteiger partial charge >= 0.3 is 0 Å². The first-order valence-electron chi connectivity index (χ1n) is 7.42. The number of halogens is 2. The van der Waals surface area contributed by atoms with Gasteiger partial charge in [0.25, 0.3) is 0 Å². The normalized spacial score (nSPS) is 13.0. The summed E-state index contributed by atoms with van der Waals surface area (Å²) in [6.07, 6.45) is 2.45. The summed E-state index contributed by atoms with van der Waals surface area (Å²) in [5, 5.41) is 9.81. The highest BCUT2D eigenvalue weighted by Crippen LogP contribution is 2.28. The van der Waals surface area contributed by atoms with E-state index in [9.17, 15) is 8.42 Å². The fraction of sp³-hybridized carbons (Fsp3) is 0.312. The summed E-state index contributed by atoms with van der Waals surface area (Å²) in [5.74, 6) is 0. The second kappa shape index (κ2) is 8.27. The summed E-state index contributed by atoms with van der Waals surface area (Å²) in [4.78, 5) is 4.32. The van der Waals surface area contributed by atoms with Crippen LogP contribution in [0.5, 0.6) is 0 Å². The van der Waals surface area contributed by atoms with Crippen molar-refractivity contribution in [3.8, 4) is 11.3 Å². The third-order valence-electron chi connectivity index (χ3n) is 3.54. The zero-order chi connectivity index (χ0) is 17.7. The molecule has 0 aliphatic heterocycles. The van der Waals surface area contributed by atoms with E-state index in [1.54, 1.807) is 18.2 Å². The SMILES string of the molecule is CC[C@H](CCO)NS(=O)(=O)c1ccc(-c2ncc(Cl)cc2Cl)cc1. The number of hydrogen-bond acceptors (Lipinski definition) is 4. The van der Waals surface area contributed by atoms with Crippen LogP contribution in [-0.4, -0.2) is 31.2 Å². The van der Waals surface area contributed by atoms with Crippen molar-refractivity contribution >= 4 is 33.2 Å². The van der Waals surface area contributed by atoms with Gasteiger partial charge in [-0.25, -0.2) is 13.1 Å². The third kappa shape index (κ3) is 4.68. The van der Waals surface area contributed by atoms with Crippen molar-refractivity contribution in [1.82, 2.24) is 9.71 Å². The molecule has 5 nitrogen and oxygen atoms in total. The quantitative estimate of drug-likeness (QED) is 0.760. The Morgan fingerprint density at radius 3 is 2.46 bits per heavy atom. The van der Waals surface area contributed by atoms with Crippen LogP contribution in [0, 0.1) is 0 Å². The Kier molecular flexibility index (Phi) is 6.60. The topological polar surface area (TPSA) is 79.3 Å². The minimum atomic E-state index is -3.65. The molecule has 1 aromatic carbocycles. The molecule has 0 bridgehead atoms. The van der Waals surface area contributed by atoms with Crippen LogP contribution in [0.3, 0.4) is 0 Å². The molecule has 130 valence electrons. The molecule has 8 heteroatoms. The van der Waals surface area contributed by atoms with E-state index in [1.807, 2.05) is 6.92 Å². The monoisotopic (exact) mass is 388 g/mol. The molecular weight excluding hydrogens is 371 g/mol. The molecular formula is C16H18Cl2N2O3S. The summed E-state index contributed by atoms with van der Waals surface area (Å²) < 4.78 is 27.4. The minimum Gasteiger partial charge on any atom is -0.396 e. The Balaban J connectivity index is 2.25. The predicted molar refractivity (Wildman–Crippen MR) is 95.8 cm³/mol. The highest BCUT2D eigenvalue weighted by molar-refractivity contribution is 7.89. The average Bonchev–Trinajstić information content (AvgIpc) is 2.54. The fourth-order valence-electron chi connectivity index (χ4n) is 2.21. The first kappa shape index (κ1) is 19.1. The fourth-order valence-corrected chi connectivity index (χ4v) is 4.05. The van der Waals surface area contributed by atoms with Crippen LogP contribution >= 0.6 is 23.2 Å². The van der Waals surface area contributed by atoms with Crippen LogP contribution < -0.4 is 4.72 Å². The van der Waals surface area contributed by atoms with Gasteiger partial charge in [-0.05, 0) is 31.0 Å². The van der Waals surface area contributed by atoms with Crippen molar-refractivity contribution in [1.29, 1.82) is 0 Å². The van der Waals surface area contributed by atoms with E-state index in [0.717, 1.165) is 0 Å². The summed E-state index contributed by atoms with van der Waals surface area (Å²) in [6, 6.07) is 7.56. The molecule has 0 spiro atoms. The molecule has 0 radical (unpaired) electrons. The molecule has 1 heterocycles. The number of nitrogens with zero attached hydrogens (tertiary/aromatic N) is 1. The third-order valence-corrected chi connectivity index (χ3v) is 5.57. The Morgan fingerprint density at radius 2 is 1.92 bits per heavy atom. The molecule has 2 N–H and O–H groups in total. The van der Waals surface area contributed by atoms with Gasteiger partial charge in [0, 0.05) is 24.4 Å². The minimum absolute atomic E-state index is 0.0688. The smallest absolute Gasteiger partial charge is 0.240 e. The molecule has 0 aliphatic carbocycles. The average molecular weight is 389 g/mol. The number of rotatable bonds is 7. The van der Waals surface area contributed by atoms with E-state index in [0.29, 0.717) is 34.1 Å². The van der Waals surface area contributed by atoms with Gasteiger partial charge in [-0.2, -0.15) is 0 Å². The molecule has 1 aromatic heterocycles. The van der Waals surface area contributed by atoms with Crippen LogP contribution in [0.4, 0.5) is 0 Å². The maximum absolute atomic E-state index is 12.4. The van der Waals surface area contributed by atoms with Crippen molar-refractivity contribution in [2.75, 3.05) is 6.61 Å². The van der Waals surface area contributed by atoms with Gasteiger partial charge in [-0.3, -0.25) is 4.98 Å². The predicted octanol–water partition coefficient (Wildman–Crippen LogP) is 3.49. The number of aliphatic hydroxyl groups excluding tert-OH is 1. The van der Waals surface area contributed by atoms with Crippen LogP contribution in [0.1, 0.15) is 19.8 Å². The van der Waals surface area contributed by atoms with Gasteiger partial charge in [0.05, 0.1) is 20.6 Å². The molecule has 0 fully saturated rings. The zero-order valence-electron chi connectivity index (χ0n) is 13.0. The largest absolute Gasteiger partial charge is 0.396 e. The summed E-state index contributed by atoms with van der Waals surface area (Å²) >= 11 is 11.9. The number of aliphatic hydroxyl groups is 1. The summed E-state index contributed by atoms with van der Waals surface area (Å²) in [7, 11) is -3.65. The molecule has 0 amide bonds. The van der Waals surface area contributed by atoms with Gasteiger partial charge in [-0.1, -0.05) is 42.3 Å². The molecule has 0 aliphatic rings. The highest BCUT2D eigenvalue weighted by atomic mass is 35.5. The summed E-state index contributed by atoms with van der Waals surface area (Å²) in [6.45, 7) is 1.79. The molecule has 1 atom stereocenters. The van der Waals surface area contributed by atoms with E-state index >= 15 is 0 Å².